The van der Waals surface area contributed by atoms with Crippen LogP contribution in [0.4, 0.5) is 0 Å². The van der Waals surface area contributed by atoms with E-state index in [1.807, 2.05) is 18.2 Å². The number of hydrogen-bond acceptors (Lipinski definition) is 4. The summed E-state index contributed by atoms with van der Waals surface area (Å²) in [5, 5.41) is 9.76. The maximum Gasteiger partial charge on any atom is 0.188 e. The molecule has 0 aliphatic rings. The Hall–Kier alpha value is -1.57. The summed E-state index contributed by atoms with van der Waals surface area (Å²) in [7, 11) is 1.58. The molecular weight excluding hydrogens is 258 g/mol. The lowest BCUT2D eigenvalue weighted by molar-refractivity contribution is 0.100. The van der Waals surface area contributed by atoms with E-state index >= 15 is 0 Å². The van der Waals surface area contributed by atoms with E-state index in [1.54, 1.807) is 13.2 Å². The molecule has 17 heavy (non-hydrogen) atoms. The van der Waals surface area contributed by atoms with Crippen molar-refractivity contribution in [3.05, 3.63) is 28.1 Å². The molecule has 1 heterocycles. The maximum atomic E-state index is 11.7. The fourth-order valence-corrected chi connectivity index (χ4v) is 3.01. The van der Waals surface area contributed by atoms with Gasteiger partial charge >= 0.3 is 0 Å². The summed E-state index contributed by atoms with van der Waals surface area (Å²) in [6.07, 6.45) is -0.149. The van der Waals surface area contributed by atoms with E-state index in [0.29, 0.717) is 9.90 Å². The van der Waals surface area contributed by atoms with Gasteiger partial charge in [-0.25, -0.2) is 0 Å². The van der Waals surface area contributed by atoms with Crippen molar-refractivity contribution in [1.29, 1.82) is 5.26 Å². The first kappa shape index (κ1) is 11.9. The average molecular weight is 266 g/mol. The van der Waals surface area contributed by atoms with Gasteiger partial charge in [-0.2, -0.15) is 5.26 Å². The van der Waals surface area contributed by atoms with Crippen LogP contribution in [0.1, 0.15) is 16.1 Å². The molecule has 86 valence electrons. The number of thiophene rings is 1. The topological polar surface area (TPSA) is 50.1 Å². The normalized spacial score (nSPS) is 10.2. The van der Waals surface area contributed by atoms with Crippen LogP contribution in [-0.2, 0) is 0 Å². The summed E-state index contributed by atoms with van der Waals surface area (Å²) in [4.78, 5) is 12.1. The molecule has 0 amide bonds. The fraction of sp³-hybridized carbons (Fsp3) is 0.167. The van der Waals surface area contributed by atoms with Crippen LogP contribution >= 0.6 is 22.9 Å². The highest BCUT2D eigenvalue weighted by Crippen LogP contribution is 2.37. The second-order valence-electron chi connectivity index (χ2n) is 3.37. The molecule has 1 aromatic heterocycles. The summed E-state index contributed by atoms with van der Waals surface area (Å²) < 4.78 is 5.99. The minimum absolute atomic E-state index is 0.149. The van der Waals surface area contributed by atoms with Gasteiger partial charge in [-0.05, 0) is 18.2 Å². The lowest BCUT2D eigenvalue weighted by Crippen LogP contribution is -1.93. The van der Waals surface area contributed by atoms with Crippen molar-refractivity contribution in [3.8, 4) is 11.8 Å². The SMILES string of the molecule is COc1ccc2c(Cl)c(C(=O)CC#N)sc2c1. The van der Waals surface area contributed by atoms with Gasteiger partial charge in [0.15, 0.2) is 5.78 Å². The van der Waals surface area contributed by atoms with Gasteiger partial charge in [0.05, 0.1) is 29.5 Å². The van der Waals surface area contributed by atoms with Crippen LogP contribution < -0.4 is 4.74 Å². The standard InChI is InChI=1S/C12H8ClNO2S/c1-16-7-2-3-8-10(6-7)17-12(11(8)13)9(15)4-5-14/h2-3,6H,4H2,1H3. The van der Waals surface area contributed by atoms with Crippen molar-refractivity contribution < 1.29 is 9.53 Å². The number of Topliss-reactive ketones (excluding diaryl/α,β-unsaturated/α-hetero) is 1. The number of benzene rings is 1. The van der Waals surface area contributed by atoms with Crippen molar-refractivity contribution in [1.82, 2.24) is 0 Å². The first-order valence-electron chi connectivity index (χ1n) is 4.83. The summed E-state index contributed by atoms with van der Waals surface area (Å²) in [6.45, 7) is 0. The number of ether oxygens (including phenoxy) is 1. The van der Waals surface area contributed by atoms with Gasteiger partial charge in [0.2, 0.25) is 0 Å². The van der Waals surface area contributed by atoms with Gasteiger partial charge in [-0.15, -0.1) is 11.3 Å². The zero-order valence-electron chi connectivity index (χ0n) is 8.99. The van der Waals surface area contributed by atoms with Crippen LogP contribution in [0.15, 0.2) is 18.2 Å². The van der Waals surface area contributed by atoms with Crippen LogP contribution in [0, 0.1) is 11.3 Å². The monoisotopic (exact) mass is 265 g/mol. The van der Waals surface area contributed by atoms with Crippen molar-refractivity contribution >= 4 is 38.8 Å². The average Bonchev–Trinajstić information content (AvgIpc) is 2.66. The highest BCUT2D eigenvalue weighted by Gasteiger charge is 2.16. The van der Waals surface area contributed by atoms with Gasteiger partial charge in [0.1, 0.15) is 5.75 Å². The Balaban J connectivity index is 2.57. The molecule has 0 N–H and O–H groups in total. The van der Waals surface area contributed by atoms with Gasteiger partial charge < -0.3 is 4.74 Å². The van der Waals surface area contributed by atoms with Gasteiger partial charge in [-0.3, -0.25) is 4.79 Å². The lowest BCUT2D eigenvalue weighted by Gasteiger charge is -1.97. The molecule has 0 aliphatic carbocycles. The number of ketones is 1. The number of nitrogens with zero attached hydrogens (tertiary/aromatic N) is 1. The molecule has 0 saturated carbocycles. The molecule has 0 aliphatic heterocycles. The van der Waals surface area contributed by atoms with E-state index in [4.69, 9.17) is 21.6 Å². The summed E-state index contributed by atoms with van der Waals surface area (Å²) in [5.74, 6) is 0.479. The largest absolute Gasteiger partial charge is 0.497 e. The Bertz CT molecular complexity index is 627. The Labute approximate surface area is 107 Å². The molecule has 0 fully saturated rings. The van der Waals surface area contributed by atoms with E-state index in [-0.39, 0.29) is 12.2 Å². The van der Waals surface area contributed by atoms with Crippen LogP contribution in [0.5, 0.6) is 5.75 Å². The van der Waals surface area contributed by atoms with E-state index in [9.17, 15) is 4.79 Å². The number of carbonyl (C=O) groups excluding carboxylic acids is 1. The Morgan fingerprint density at radius 3 is 3.00 bits per heavy atom. The van der Waals surface area contributed by atoms with Gasteiger partial charge in [0, 0.05) is 10.1 Å². The van der Waals surface area contributed by atoms with E-state index in [2.05, 4.69) is 0 Å². The number of nitriles is 1. The smallest absolute Gasteiger partial charge is 0.188 e. The molecule has 2 aromatic rings. The number of carbonyl (C=O) groups is 1. The molecule has 0 saturated heterocycles. The van der Waals surface area contributed by atoms with Crippen LogP contribution in [-0.4, -0.2) is 12.9 Å². The summed E-state index contributed by atoms with van der Waals surface area (Å²) in [6, 6.07) is 7.27. The molecule has 0 bridgehead atoms. The van der Waals surface area contributed by atoms with Crippen molar-refractivity contribution in [2.75, 3.05) is 7.11 Å². The molecule has 0 unspecified atom stereocenters. The van der Waals surface area contributed by atoms with Crippen molar-refractivity contribution in [2.45, 2.75) is 6.42 Å². The lowest BCUT2D eigenvalue weighted by atomic mass is 10.2. The zero-order valence-corrected chi connectivity index (χ0v) is 10.6. The Morgan fingerprint density at radius 1 is 1.59 bits per heavy atom. The number of methoxy groups -OCH3 is 1. The quantitative estimate of drug-likeness (QED) is 0.796. The number of hydrogen-bond donors (Lipinski definition) is 0. The zero-order chi connectivity index (χ0) is 12.4. The molecule has 5 heteroatoms. The molecule has 0 spiro atoms. The fourth-order valence-electron chi connectivity index (χ4n) is 1.50. The second-order valence-corrected chi connectivity index (χ2v) is 4.80. The highest BCUT2D eigenvalue weighted by molar-refractivity contribution is 7.21. The van der Waals surface area contributed by atoms with Gasteiger partial charge in [0.25, 0.3) is 0 Å². The predicted octanol–water partition coefficient (Wildman–Crippen LogP) is 3.66. The summed E-state index contributed by atoms with van der Waals surface area (Å²) >= 11 is 7.41. The third-order valence-electron chi connectivity index (χ3n) is 2.33. The minimum Gasteiger partial charge on any atom is -0.497 e. The van der Waals surface area contributed by atoms with Crippen molar-refractivity contribution in [3.63, 3.8) is 0 Å². The van der Waals surface area contributed by atoms with Gasteiger partial charge in [-0.1, -0.05) is 11.6 Å². The number of halogens is 1. The third kappa shape index (κ3) is 2.12. The molecular formula is C12H8ClNO2S. The van der Waals surface area contributed by atoms with Crippen LogP contribution in [0.3, 0.4) is 0 Å². The van der Waals surface area contributed by atoms with E-state index in [1.165, 1.54) is 11.3 Å². The Kier molecular flexibility index (Phi) is 3.32. The highest BCUT2D eigenvalue weighted by atomic mass is 35.5. The van der Waals surface area contributed by atoms with Crippen LogP contribution in [0.25, 0.3) is 10.1 Å². The number of fused-ring (bicyclic) bond motifs is 1. The first-order chi connectivity index (χ1) is 8.17. The van der Waals surface area contributed by atoms with E-state index < -0.39 is 0 Å². The van der Waals surface area contributed by atoms with Crippen LogP contribution in [0.2, 0.25) is 5.02 Å². The molecule has 1 aromatic carbocycles. The molecule has 0 atom stereocenters. The maximum absolute atomic E-state index is 11.7. The Morgan fingerprint density at radius 2 is 2.35 bits per heavy atom. The second kappa shape index (κ2) is 4.74. The molecule has 2 rings (SSSR count). The summed E-state index contributed by atoms with van der Waals surface area (Å²) in [5.41, 5.74) is 0. The number of rotatable bonds is 3. The molecule has 0 radical (unpaired) electrons. The van der Waals surface area contributed by atoms with E-state index in [0.717, 1.165) is 15.8 Å². The van der Waals surface area contributed by atoms with Crippen molar-refractivity contribution in [2.24, 2.45) is 0 Å². The molecule has 3 nitrogen and oxygen atoms in total. The minimum atomic E-state index is -0.238. The predicted molar refractivity (Wildman–Crippen MR) is 67.9 cm³/mol. The first-order valence-corrected chi connectivity index (χ1v) is 6.03. The third-order valence-corrected chi connectivity index (χ3v) is 4.03.